The summed E-state index contributed by atoms with van der Waals surface area (Å²) in [5.41, 5.74) is 6.65. The number of anilines is 1. The highest BCUT2D eigenvalue weighted by atomic mass is 15.3. The van der Waals surface area contributed by atoms with Crippen molar-refractivity contribution in [1.82, 2.24) is 29.4 Å². The Balaban J connectivity index is 1.51. The number of rotatable bonds is 2. The van der Waals surface area contributed by atoms with Gasteiger partial charge in [0.05, 0.1) is 6.20 Å². The molecule has 26 heavy (non-hydrogen) atoms. The number of pyridine rings is 1. The van der Waals surface area contributed by atoms with Gasteiger partial charge in [-0.05, 0) is 30.2 Å². The van der Waals surface area contributed by atoms with E-state index in [1.54, 1.807) is 6.20 Å². The fourth-order valence-electron chi connectivity index (χ4n) is 3.58. The fraction of sp³-hybridized carbons (Fsp3) is 0.263. The maximum absolute atomic E-state index is 4.76. The molecule has 0 saturated heterocycles. The largest absolute Gasteiger partial charge is 0.350 e. The minimum Gasteiger partial charge on any atom is -0.350 e. The molecule has 0 radical (unpaired) electrons. The highest BCUT2D eigenvalue weighted by Crippen LogP contribution is 2.28. The molecule has 5 rings (SSSR count). The zero-order valence-corrected chi connectivity index (χ0v) is 14.8. The third kappa shape index (κ3) is 2.44. The van der Waals surface area contributed by atoms with Gasteiger partial charge in [-0.2, -0.15) is 5.10 Å². The first kappa shape index (κ1) is 15.1. The van der Waals surface area contributed by atoms with Crippen LogP contribution < -0.4 is 4.90 Å². The lowest BCUT2D eigenvalue weighted by molar-refractivity contribution is 0.689. The van der Waals surface area contributed by atoms with Crippen molar-refractivity contribution in [2.45, 2.75) is 19.9 Å². The summed E-state index contributed by atoms with van der Waals surface area (Å²) in [5.74, 6) is 1.01. The minimum atomic E-state index is 0.810. The van der Waals surface area contributed by atoms with E-state index in [1.165, 1.54) is 11.3 Å². The van der Waals surface area contributed by atoms with Gasteiger partial charge in [-0.15, -0.1) is 5.10 Å². The third-order valence-corrected chi connectivity index (χ3v) is 4.93. The Bertz CT molecular complexity index is 1110. The third-order valence-electron chi connectivity index (χ3n) is 4.93. The second kappa shape index (κ2) is 5.66. The summed E-state index contributed by atoms with van der Waals surface area (Å²) in [5, 5.41) is 9.02. The topological polar surface area (TPSA) is 64.1 Å². The zero-order valence-electron chi connectivity index (χ0n) is 14.8. The molecule has 1 aliphatic heterocycles. The Morgan fingerprint density at radius 3 is 2.85 bits per heavy atom. The molecule has 0 N–H and O–H groups in total. The molecule has 0 spiro atoms. The standard InChI is InChI=1S/C19H19N7/c1-13-7-18-20-4-6-26(18)23-19(13)25-5-3-17-15(12-25)8-14(9-21-17)16-10-22-24(2)11-16/h4,6-11H,3,5,12H2,1-2H3. The summed E-state index contributed by atoms with van der Waals surface area (Å²) in [6.07, 6.45) is 10.4. The maximum atomic E-state index is 4.76. The lowest BCUT2D eigenvalue weighted by atomic mass is 10.0. The van der Waals surface area contributed by atoms with E-state index < -0.39 is 0 Å². The van der Waals surface area contributed by atoms with E-state index in [0.29, 0.717) is 0 Å². The molecule has 5 heterocycles. The van der Waals surface area contributed by atoms with E-state index in [9.17, 15) is 0 Å². The van der Waals surface area contributed by atoms with Crippen LogP contribution in [0.5, 0.6) is 0 Å². The van der Waals surface area contributed by atoms with Gasteiger partial charge in [0, 0.05) is 68.2 Å². The van der Waals surface area contributed by atoms with Crippen LogP contribution in [0, 0.1) is 6.92 Å². The van der Waals surface area contributed by atoms with E-state index in [1.807, 2.05) is 41.0 Å². The van der Waals surface area contributed by atoms with Gasteiger partial charge in [0.15, 0.2) is 11.5 Å². The first-order chi connectivity index (χ1) is 12.7. The second-order valence-electron chi connectivity index (χ2n) is 6.79. The number of hydrogen-bond donors (Lipinski definition) is 0. The molecule has 0 fully saturated rings. The summed E-state index contributed by atoms with van der Waals surface area (Å²) < 4.78 is 3.65. The number of nitrogens with zero attached hydrogens (tertiary/aromatic N) is 7. The smallest absolute Gasteiger partial charge is 0.153 e. The van der Waals surface area contributed by atoms with Crippen LogP contribution in [0.1, 0.15) is 16.8 Å². The first-order valence-electron chi connectivity index (χ1n) is 8.70. The van der Waals surface area contributed by atoms with E-state index in [2.05, 4.69) is 34.0 Å². The van der Waals surface area contributed by atoms with Crippen molar-refractivity contribution in [3.63, 3.8) is 0 Å². The van der Waals surface area contributed by atoms with Crippen LogP contribution in [0.15, 0.2) is 43.1 Å². The molecule has 4 aromatic rings. The Labute approximate surface area is 150 Å². The van der Waals surface area contributed by atoms with Crippen LogP contribution in [0.3, 0.4) is 0 Å². The van der Waals surface area contributed by atoms with Crippen molar-refractivity contribution in [3.8, 4) is 11.1 Å². The molecule has 0 aliphatic carbocycles. The first-order valence-corrected chi connectivity index (χ1v) is 8.70. The molecular weight excluding hydrogens is 326 g/mol. The summed E-state index contributed by atoms with van der Waals surface area (Å²) in [6.45, 7) is 3.82. The van der Waals surface area contributed by atoms with E-state index in [0.717, 1.165) is 47.7 Å². The summed E-state index contributed by atoms with van der Waals surface area (Å²) >= 11 is 0. The molecule has 7 nitrogen and oxygen atoms in total. The molecule has 7 heteroatoms. The lowest BCUT2D eigenvalue weighted by Gasteiger charge is -2.30. The average Bonchev–Trinajstić information content (AvgIpc) is 3.28. The predicted octanol–water partition coefficient (Wildman–Crippen LogP) is 2.40. The van der Waals surface area contributed by atoms with Crippen molar-refractivity contribution >= 4 is 11.5 Å². The minimum absolute atomic E-state index is 0.810. The number of aromatic nitrogens is 6. The molecular formula is C19H19N7. The number of imidazole rings is 1. The zero-order chi connectivity index (χ0) is 17.7. The van der Waals surface area contributed by atoms with Gasteiger partial charge in [-0.3, -0.25) is 9.67 Å². The van der Waals surface area contributed by atoms with Gasteiger partial charge in [-0.25, -0.2) is 9.50 Å². The Morgan fingerprint density at radius 2 is 2.00 bits per heavy atom. The Kier molecular flexibility index (Phi) is 3.28. The van der Waals surface area contributed by atoms with Gasteiger partial charge in [0.25, 0.3) is 0 Å². The monoisotopic (exact) mass is 345 g/mol. The van der Waals surface area contributed by atoms with Crippen LogP contribution >= 0.6 is 0 Å². The summed E-state index contributed by atoms with van der Waals surface area (Å²) in [4.78, 5) is 11.3. The Hall–Kier alpha value is -3.22. The van der Waals surface area contributed by atoms with Crippen LogP contribution in [-0.2, 0) is 20.0 Å². The second-order valence-corrected chi connectivity index (χ2v) is 6.79. The fourth-order valence-corrected chi connectivity index (χ4v) is 3.58. The van der Waals surface area contributed by atoms with Crippen molar-refractivity contribution in [1.29, 1.82) is 0 Å². The SMILES string of the molecule is Cc1cc2nccn2nc1N1CCc2ncc(-c3cnn(C)c3)cc2C1. The normalized spacial score (nSPS) is 14.0. The van der Waals surface area contributed by atoms with Gasteiger partial charge in [0.1, 0.15) is 0 Å². The van der Waals surface area contributed by atoms with Crippen molar-refractivity contribution in [2.24, 2.45) is 7.05 Å². The average molecular weight is 345 g/mol. The maximum Gasteiger partial charge on any atom is 0.153 e. The highest BCUT2D eigenvalue weighted by molar-refractivity contribution is 5.63. The van der Waals surface area contributed by atoms with E-state index >= 15 is 0 Å². The van der Waals surface area contributed by atoms with Crippen molar-refractivity contribution < 1.29 is 0 Å². The van der Waals surface area contributed by atoms with Crippen LogP contribution in [-0.4, -0.2) is 35.9 Å². The highest BCUT2D eigenvalue weighted by Gasteiger charge is 2.21. The molecule has 1 aliphatic rings. The van der Waals surface area contributed by atoms with E-state index in [-0.39, 0.29) is 0 Å². The molecule has 130 valence electrons. The van der Waals surface area contributed by atoms with Crippen molar-refractivity contribution in [3.05, 3.63) is 59.9 Å². The molecule has 0 saturated carbocycles. The van der Waals surface area contributed by atoms with Crippen LogP contribution in [0.4, 0.5) is 5.82 Å². The predicted molar refractivity (Wildman–Crippen MR) is 98.9 cm³/mol. The number of aryl methyl sites for hydroxylation is 2. The molecule has 0 bridgehead atoms. The number of fused-ring (bicyclic) bond motifs is 2. The van der Waals surface area contributed by atoms with Gasteiger partial charge < -0.3 is 4.90 Å². The van der Waals surface area contributed by atoms with Crippen molar-refractivity contribution in [2.75, 3.05) is 11.4 Å². The quantitative estimate of drug-likeness (QED) is 0.558. The van der Waals surface area contributed by atoms with E-state index in [4.69, 9.17) is 10.1 Å². The summed E-state index contributed by atoms with van der Waals surface area (Å²) in [6, 6.07) is 4.32. The number of hydrogen-bond acceptors (Lipinski definition) is 5. The molecule has 0 amide bonds. The van der Waals surface area contributed by atoms with Crippen LogP contribution in [0.2, 0.25) is 0 Å². The summed E-state index contributed by atoms with van der Waals surface area (Å²) in [7, 11) is 1.93. The lowest BCUT2D eigenvalue weighted by Crippen LogP contribution is -2.32. The van der Waals surface area contributed by atoms with Crippen LogP contribution in [0.25, 0.3) is 16.8 Å². The Morgan fingerprint density at radius 1 is 1.08 bits per heavy atom. The molecule has 0 unspecified atom stereocenters. The van der Waals surface area contributed by atoms with Gasteiger partial charge in [0.2, 0.25) is 0 Å². The van der Waals surface area contributed by atoms with Gasteiger partial charge >= 0.3 is 0 Å². The van der Waals surface area contributed by atoms with Gasteiger partial charge in [-0.1, -0.05) is 0 Å². The molecule has 4 aromatic heterocycles. The molecule has 0 aromatic carbocycles. The molecule has 0 atom stereocenters.